The molecule has 0 aliphatic heterocycles. The normalized spacial score (nSPS) is 11.9. The molecule has 0 radical (unpaired) electrons. The van der Waals surface area contributed by atoms with E-state index in [1.807, 2.05) is 0 Å². The van der Waals surface area contributed by atoms with Crippen molar-refractivity contribution in [2.24, 2.45) is 0 Å². The van der Waals surface area contributed by atoms with E-state index in [-0.39, 0.29) is 5.56 Å². The Hall–Kier alpha value is -3.33. The Morgan fingerprint density at radius 3 is 2.44 bits per heavy atom. The molecule has 3 aromatic heterocycles. The van der Waals surface area contributed by atoms with Crippen LogP contribution >= 0.6 is 11.3 Å². The van der Waals surface area contributed by atoms with Gasteiger partial charge in [0.05, 0.1) is 27.6 Å². The maximum absolute atomic E-state index is 12.9. The number of fused-ring (bicyclic) bond motifs is 1. The van der Waals surface area contributed by atoms with Gasteiger partial charge in [-0.2, -0.15) is 0 Å². The molecular formula is C18H15N3O5S. The van der Waals surface area contributed by atoms with Crippen molar-refractivity contribution in [2.75, 3.05) is 21.3 Å². The molecule has 4 rings (SSSR count). The van der Waals surface area contributed by atoms with Crippen molar-refractivity contribution < 1.29 is 18.6 Å². The summed E-state index contributed by atoms with van der Waals surface area (Å²) < 4.78 is 23.3. The molecule has 0 atom stereocenters. The maximum atomic E-state index is 12.9. The highest BCUT2D eigenvalue weighted by Crippen LogP contribution is 2.40. The zero-order valence-corrected chi connectivity index (χ0v) is 15.6. The quantitative estimate of drug-likeness (QED) is 0.519. The number of thiazole rings is 1. The van der Waals surface area contributed by atoms with Crippen molar-refractivity contribution in [3.05, 3.63) is 51.2 Å². The molecule has 27 heavy (non-hydrogen) atoms. The predicted molar refractivity (Wildman–Crippen MR) is 99.7 cm³/mol. The van der Waals surface area contributed by atoms with Crippen LogP contribution in [0.1, 0.15) is 5.76 Å². The topological polar surface area (TPSA) is 88.1 Å². The Labute approximate surface area is 157 Å². The van der Waals surface area contributed by atoms with Gasteiger partial charge in [0, 0.05) is 11.6 Å². The van der Waals surface area contributed by atoms with Gasteiger partial charge in [-0.3, -0.25) is 4.79 Å². The van der Waals surface area contributed by atoms with E-state index in [0.717, 1.165) is 0 Å². The molecule has 0 fully saturated rings. The summed E-state index contributed by atoms with van der Waals surface area (Å²) in [6, 6.07) is 6.99. The fourth-order valence-corrected chi connectivity index (χ4v) is 3.65. The Bertz CT molecular complexity index is 1190. The molecule has 0 aliphatic carbocycles. The highest BCUT2D eigenvalue weighted by molar-refractivity contribution is 7.15. The third-order valence-corrected chi connectivity index (χ3v) is 4.95. The van der Waals surface area contributed by atoms with E-state index >= 15 is 0 Å². The van der Waals surface area contributed by atoms with Gasteiger partial charge in [0.25, 0.3) is 5.56 Å². The van der Waals surface area contributed by atoms with Gasteiger partial charge in [0.15, 0.2) is 17.3 Å². The molecule has 138 valence electrons. The second-order valence-electron chi connectivity index (χ2n) is 5.49. The predicted octanol–water partition coefficient (Wildman–Crippen LogP) is 1.98. The minimum absolute atomic E-state index is 0.222. The van der Waals surface area contributed by atoms with Gasteiger partial charge in [-0.15, -0.1) is 10.2 Å². The molecule has 1 aromatic carbocycles. The van der Waals surface area contributed by atoms with Crippen LogP contribution in [0, 0.1) is 0 Å². The molecule has 0 spiro atoms. The molecule has 8 nitrogen and oxygen atoms in total. The summed E-state index contributed by atoms with van der Waals surface area (Å²) in [5, 5.41) is 8.29. The van der Waals surface area contributed by atoms with Crippen molar-refractivity contribution in [1.82, 2.24) is 14.6 Å². The summed E-state index contributed by atoms with van der Waals surface area (Å²) in [7, 11) is 4.59. The summed E-state index contributed by atoms with van der Waals surface area (Å²) >= 11 is 1.24. The number of rotatable bonds is 5. The van der Waals surface area contributed by atoms with E-state index in [9.17, 15) is 4.79 Å². The highest BCUT2D eigenvalue weighted by Gasteiger charge is 2.19. The van der Waals surface area contributed by atoms with E-state index in [2.05, 4.69) is 10.2 Å². The van der Waals surface area contributed by atoms with Crippen LogP contribution in [0.4, 0.5) is 0 Å². The smallest absolute Gasteiger partial charge is 0.276 e. The molecule has 0 aliphatic rings. The first-order chi connectivity index (χ1) is 13.2. The lowest BCUT2D eigenvalue weighted by atomic mass is 10.1. The van der Waals surface area contributed by atoms with Gasteiger partial charge >= 0.3 is 0 Å². The molecular weight excluding hydrogens is 370 g/mol. The monoisotopic (exact) mass is 385 g/mol. The van der Waals surface area contributed by atoms with E-state index in [0.29, 0.717) is 43.9 Å². The minimum atomic E-state index is -0.222. The number of benzene rings is 1. The van der Waals surface area contributed by atoms with Crippen molar-refractivity contribution in [3.8, 4) is 28.6 Å². The summed E-state index contributed by atoms with van der Waals surface area (Å²) in [4.78, 5) is 13.4. The van der Waals surface area contributed by atoms with E-state index < -0.39 is 0 Å². The Morgan fingerprint density at radius 2 is 1.85 bits per heavy atom. The third-order valence-electron chi connectivity index (χ3n) is 3.99. The zero-order chi connectivity index (χ0) is 19.0. The zero-order valence-electron chi connectivity index (χ0n) is 14.8. The lowest BCUT2D eigenvalue weighted by molar-refractivity contribution is 0.324. The van der Waals surface area contributed by atoms with Crippen LogP contribution in [0.3, 0.4) is 0 Å². The van der Waals surface area contributed by atoms with Crippen LogP contribution in [0.5, 0.6) is 17.2 Å². The molecule has 0 saturated carbocycles. The number of aromatic nitrogens is 3. The second-order valence-corrected chi connectivity index (χ2v) is 6.50. The average molecular weight is 385 g/mol. The first-order valence-corrected chi connectivity index (χ1v) is 8.71. The number of methoxy groups -OCH3 is 3. The fourth-order valence-electron chi connectivity index (χ4n) is 2.76. The van der Waals surface area contributed by atoms with Crippen molar-refractivity contribution in [2.45, 2.75) is 0 Å². The summed E-state index contributed by atoms with van der Waals surface area (Å²) in [6.45, 7) is 0. The molecule has 0 bridgehead atoms. The van der Waals surface area contributed by atoms with Crippen LogP contribution in [0.15, 0.2) is 39.7 Å². The highest BCUT2D eigenvalue weighted by atomic mass is 32.1. The summed E-state index contributed by atoms with van der Waals surface area (Å²) in [5.41, 5.74) is 0.400. The number of furan rings is 1. The summed E-state index contributed by atoms with van der Waals surface area (Å²) in [5.74, 6) is 2.38. The van der Waals surface area contributed by atoms with Crippen molar-refractivity contribution >= 4 is 22.4 Å². The molecule has 4 aromatic rings. The standard InChI is InChI=1S/C18H15N3O5S/c1-23-12-7-10(8-13(24-2)15(12)25-3)16-19-20-18-21(16)17(22)14(27-18)9-11-5-4-6-26-11/h4-9H,1-3H3. The first-order valence-electron chi connectivity index (χ1n) is 7.89. The van der Waals surface area contributed by atoms with Gasteiger partial charge in [-0.05, 0) is 24.3 Å². The van der Waals surface area contributed by atoms with Gasteiger partial charge in [-0.1, -0.05) is 11.3 Å². The Kier molecular flexibility index (Phi) is 4.28. The van der Waals surface area contributed by atoms with Gasteiger partial charge in [0.2, 0.25) is 10.7 Å². The first kappa shape index (κ1) is 17.1. The fraction of sp³-hybridized carbons (Fsp3) is 0.167. The largest absolute Gasteiger partial charge is 0.493 e. The number of nitrogens with zero attached hydrogens (tertiary/aromatic N) is 3. The summed E-state index contributed by atoms with van der Waals surface area (Å²) in [6.07, 6.45) is 3.23. The van der Waals surface area contributed by atoms with E-state index in [1.54, 1.807) is 36.6 Å². The SMILES string of the molecule is COc1cc(-c2nnc3sc(=Cc4ccco4)c(=O)n23)cc(OC)c1OC. The lowest BCUT2D eigenvalue weighted by Crippen LogP contribution is -2.23. The van der Waals surface area contributed by atoms with Crippen molar-refractivity contribution in [3.63, 3.8) is 0 Å². The van der Waals surface area contributed by atoms with Crippen molar-refractivity contribution in [1.29, 1.82) is 0 Å². The molecule has 0 unspecified atom stereocenters. The van der Waals surface area contributed by atoms with Gasteiger partial charge < -0.3 is 18.6 Å². The van der Waals surface area contributed by atoms with E-state index in [4.69, 9.17) is 18.6 Å². The molecule has 3 heterocycles. The van der Waals surface area contributed by atoms with Gasteiger partial charge in [0.1, 0.15) is 10.3 Å². The van der Waals surface area contributed by atoms with Gasteiger partial charge in [-0.25, -0.2) is 4.40 Å². The van der Waals surface area contributed by atoms with Crippen LogP contribution in [0.25, 0.3) is 22.4 Å². The number of ether oxygens (including phenoxy) is 3. The Morgan fingerprint density at radius 1 is 1.11 bits per heavy atom. The Balaban J connectivity index is 1.93. The van der Waals surface area contributed by atoms with E-state index in [1.165, 1.54) is 37.1 Å². The molecule has 0 saturated heterocycles. The number of hydrogen-bond donors (Lipinski definition) is 0. The van der Waals surface area contributed by atoms with Crippen LogP contribution in [-0.4, -0.2) is 35.9 Å². The van der Waals surface area contributed by atoms with Crippen LogP contribution in [0.2, 0.25) is 0 Å². The number of hydrogen-bond acceptors (Lipinski definition) is 8. The van der Waals surface area contributed by atoms with Crippen LogP contribution in [-0.2, 0) is 0 Å². The molecule has 0 amide bonds. The molecule has 0 N–H and O–H groups in total. The maximum Gasteiger partial charge on any atom is 0.276 e. The average Bonchev–Trinajstić information content (AvgIpc) is 3.41. The third kappa shape index (κ3) is 2.81. The lowest BCUT2D eigenvalue weighted by Gasteiger charge is -2.13. The van der Waals surface area contributed by atoms with Crippen LogP contribution < -0.4 is 24.3 Å². The molecule has 9 heteroatoms. The second kappa shape index (κ2) is 6.76. The minimum Gasteiger partial charge on any atom is -0.493 e.